The van der Waals surface area contributed by atoms with Crippen molar-refractivity contribution in [2.75, 3.05) is 7.11 Å². The second-order valence-corrected chi connectivity index (χ2v) is 5.31. The lowest BCUT2D eigenvalue weighted by molar-refractivity contribution is 0.0469. The van der Waals surface area contributed by atoms with Crippen molar-refractivity contribution in [1.29, 1.82) is 0 Å². The van der Waals surface area contributed by atoms with Gasteiger partial charge in [-0.15, -0.1) is 0 Å². The molecule has 2 aromatic carbocycles. The van der Waals surface area contributed by atoms with Gasteiger partial charge in [0.2, 0.25) is 0 Å². The van der Waals surface area contributed by atoms with Crippen molar-refractivity contribution in [2.45, 2.75) is 13.5 Å². The van der Waals surface area contributed by atoms with Crippen LogP contribution in [0.15, 0.2) is 36.4 Å². The lowest BCUT2D eigenvalue weighted by atomic mass is 10.1. The summed E-state index contributed by atoms with van der Waals surface area (Å²) in [7, 11) is 1.42. The van der Waals surface area contributed by atoms with Gasteiger partial charge in [0.15, 0.2) is 5.75 Å². The number of hydrogen-bond acceptors (Lipinski definition) is 3. The van der Waals surface area contributed by atoms with Crippen LogP contribution in [0.5, 0.6) is 5.75 Å². The molecule has 110 valence electrons. The van der Waals surface area contributed by atoms with E-state index in [0.717, 1.165) is 11.1 Å². The third-order valence-electron chi connectivity index (χ3n) is 2.96. The molecule has 0 aliphatic carbocycles. The summed E-state index contributed by atoms with van der Waals surface area (Å²) in [5.74, 6) is -0.349. The van der Waals surface area contributed by atoms with Crippen LogP contribution in [-0.4, -0.2) is 13.1 Å². The van der Waals surface area contributed by atoms with Crippen LogP contribution in [0.4, 0.5) is 0 Å². The topological polar surface area (TPSA) is 35.5 Å². The van der Waals surface area contributed by atoms with E-state index in [1.807, 2.05) is 31.2 Å². The largest absolute Gasteiger partial charge is 0.494 e. The fraction of sp³-hybridized carbons (Fsp3) is 0.188. The minimum absolute atomic E-state index is 0.138. The Hall–Kier alpha value is -1.71. The van der Waals surface area contributed by atoms with E-state index in [9.17, 15) is 4.79 Å². The maximum Gasteiger partial charge on any atom is 0.343 e. The Morgan fingerprint density at radius 2 is 1.67 bits per heavy atom. The van der Waals surface area contributed by atoms with E-state index in [1.54, 1.807) is 6.07 Å². The van der Waals surface area contributed by atoms with E-state index in [2.05, 4.69) is 0 Å². The van der Waals surface area contributed by atoms with Gasteiger partial charge in [0.25, 0.3) is 0 Å². The molecule has 0 bridgehead atoms. The normalized spacial score (nSPS) is 10.3. The predicted molar refractivity (Wildman–Crippen MR) is 83.3 cm³/mol. The standard InChI is InChI=1S/C16H14Cl2O3/c1-10-3-5-11(6-4-10)9-21-16(19)14-12(17)7-8-13(18)15(14)20-2/h3-8H,9H2,1-2H3. The van der Waals surface area contributed by atoms with E-state index < -0.39 is 5.97 Å². The van der Waals surface area contributed by atoms with Gasteiger partial charge in [-0.3, -0.25) is 0 Å². The maximum atomic E-state index is 12.2. The van der Waals surface area contributed by atoms with Gasteiger partial charge in [0.05, 0.1) is 17.2 Å². The molecule has 5 heteroatoms. The zero-order valence-electron chi connectivity index (χ0n) is 11.7. The number of carbonyl (C=O) groups is 1. The first-order valence-corrected chi connectivity index (χ1v) is 7.03. The zero-order valence-corrected chi connectivity index (χ0v) is 13.2. The lowest BCUT2D eigenvalue weighted by Gasteiger charge is -2.12. The highest BCUT2D eigenvalue weighted by Gasteiger charge is 2.20. The molecular formula is C16H14Cl2O3. The molecule has 0 amide bonds. The maximum absolute atomic E-state index is 12.2. The Morgan fingerprint density at radius 1 is 1.05 bits per heavy atom. The van der Waals surface area contributed by atoms with E-state index in [1.165, 1.54) is 13.2 Å². The number of rotatable bonds is 4. The third kappa shape index (κ3) is 3.69. The van der Waals surface area contributed by atoms with Gasteiger partial charge in [-0.1, -0.05) is 53.0 Å². The van der Waals surface area contributed by atoms with Crippen LogP contribution in [0.25, 0.3) is 0 Å². The molecule has 0 atom stereocenters. The number of aryl methyl sites for hydroxylation is 1. The van der Waals surface area contributed by atoms with Gasteiger partial charge < -0.3 is 9.47 Å². The Kier molecular flexibility index (Phi) is 5.10. The molecule has 2 rings (SSSR count). The van der Waals surface area contributed by atoms with Crippen LogP contribution in [0, 0.1) is 6.92 Å². The smallest absolute Gasteiger partial charge is 0.343 e. The highest BCUT2D eigenvalue weighted by molar-refractivity contribution is 6.37. The average molecular weight is 325 g/mol. The van der Waals surface area contributed by atoms with Gasteiger partial charge in [-0.25, -0.2) is 4.79 Å². The van der Waals surface area contributed by atoms with Crippen LogP contribution in [-0.2, 0) is 11.3 Å². The minimum atomic E-state index is -0.570. The van der Waals surface area contributed by atoms with Crippen LogP contribution in [0.1, 0.15) is 21.5 Å². The van der Waals surface area contributed by atoms with E-state index >= 15 is 0 Å². The molecule has 0 saturated heterocycles. The van der Waals surface area contributed by atoms with Crippen LogP contribution in [0.2, 0.25) is 10.0 Å². The molecule has 0 aliphatic heterocycles. The Labute approximate surface area is 133 Å². The molecule has 0 heterocycles. The minimum Gasteiger partial charge on any atom is -0.494 e. The summed E-state index contributed by atoms with van der Waals surface area (Å²) in [6.45, 7) is 2.15. The molecule has 21 heavy (non-hydrogen) atoms. The van der Waals surface area contributed by atoms with Gasteiger partial charge in [-0.05, 0) is 24.6 Å². The summed E-state index contributed by atoms with van der Waals surface area (Å²) < 4.78 is 10.4. The van der Waals surface area contributed by atoms with Gasteiger partial charge in [0.1, 0.15) is 12.2 Å². The van der Waals surface area contributed by atoms with Crippen molar-refractivity contribution in [2.24, 2.45) is 0 Å². The van der Waals surface area contributed by atoms with E-state index in [0.29, 0.717) is 5.02 Å². The molecule has 0 spiro atoms. The number of methoxy groups -OCH3 is 1. The van der Waals surface area contributed by atoms with Gasteiger partial charge >= 0.3 is 5.97 Å². The molecule has 0 unspecified atom stereocenters. The second kappa shape index (κ2) is 6.83. The average Bonchev–Trinajstić information content (AvgIpc) is 2.48. The number of hydrogen-bond donors (Lipinski definition) is 0. The summed E-state index contributed by atoms with van der Waals surface area (Å²) in [6, 6.07) is 10.8. The first-order chi connectivity index (χ1) is 10.0. The third-order valence-corrected chi connectivity index (χ3v) is 3.57. The number of esters is 1. The fourth-order valence-corrected chi connectivity index (χ4v) is 2.29. The Balaban J connectivity index is 2.17. The number of carbonyl (C=O) groups excluding carboxylic acids is 1. The van der Waals surface area contributed by atoms with E-state index in [-0.39, 0.29) is 22.9 Å². The van der Waals surface area contributed by atoms with Crippen molar-refractivity contribution in [3.8, 4) is 5.75 Å². The summed E-state index contributed by atoms with van der Waals surface area (Å²) in [5, 5.41) is 0.550. The quantitative estimate of drug-likeness (QED) is 0.767. The molecule has 0 aliphatic rings. The van der Waals surface area contributed by atoms with Crippen LogP contribution < -0.4 is 4.74 Å². The highest BCUT2D eigenvalue weighted by Crippen LogP contribution is 2.34. The molecule has 2 aromatic rings. The number of halogens is 2. The molecule has 0 fully saturated rings. The van der Waals surface area contributed by atoms with Gasteiger partial charge in [0, 0.05) is 0 Å². The SMILES string of the molecule is COc1c(Cl)ccc(Cl)c1C(=O)OCc1ccc(C)cc1. The lowest BCUT2D eigenvalue weighted by Crippen LogP contribution is -2.08. The predicted octanol–water partition coefficient (Wildman–Crippen LogP) is 4.67. The van der Waals surface area contributed by atoms with Crippen molar-refractivity contribution < 1.29 is 14.3 Å². The molecule has 0 aromatic heterocycles. The molecule has 0 N–H and O–H groups in total. The Morgan fingerprint density at radius 3 is 2.29 bits per heavy atom. The van der Waals surface area contributed by atoms with Gasteiger partial charge in [-0.2, -0.15) is 0 Å². The van der Waals surface area contributed by atoms with Crippen molar-refractivity contribution in [3.05, 3.63) is 63.1 Å². The zero-order chi connectivity index (χ0) is 15.4. The number of benzene rings is 2. The first kappa shape index (κ1) is 15.7. The molecular weight excluding hydrogens is 311 g/mol. The summed E-state index contributed by atoms with van der Waals surface area (Å²) in [6.07, 6.45) is 0. The summed E-state index contributed by atoms with van der Waals surface area (Å²) >= 11 is 12.0. The highest BCUT2D eigenvalue weighted by atomic mass is 35.5. The first-order valence-electron chi connectivity index (χ1n) is 6.27. The van der Waals surface area contributed by atoms with E-state index in [4.69, 9.17) is 32.7 Å². The van der Waals surface area contributed by atoms with Crippen molar-refractivity contribution in [3.63, 3.8) is 0 Å². The molecule has 0 radical (unpaired) electrons. The number of ether oxygens (including phenoxy) is 2. The Bertz CT molecular complexity index is 651. The monoisotopic (exact) mass is 324 g/mol. The fourth-order valence-electron chi connectivity index (χ4n) is 1.83. The van der Waals surface area contributed by atoms with Crippen molar-refractivity contribution >= 4 is 29.2 Å². The van der Waals surface area contributed by atoms with Crippen LogP contribution in [0.3, 0.4) is 0 Å². The van der Waals surface area contributed by atoms with Crippen LogP contribution >= 0.6 is 23.2 Å². The molecule has 0 saturated carbocycles. The van der Waals surface area contributed by atoms with Crippen molar-refractivity contribution in [1.82, 2.24) is 0 Å². The summed E-state index contributed by atoms with van der Waals surface area (Å²) in [4.78, 5) is 12.2. The molecule has 3 nitrogen and oxygen atoms in total. The summed E-state index contributed by atoms with van der Waals surface area (Å²) in [5.41, 5.74) is 2.18. The second-order valence-electron chi connectivity index (χ2n) is 4.50.